The van der Waals surface area contributed by atoms with Crippen molar-refractivity contribution in [3.8, 4) is 0 Å². The Hall–Kier alpha value is -2.61. The lowest BCUT2D eigenvalue weighted by molar-refractivity contribution is -0.140. The van der Waals surface area contributed by atoms with E-state index < -0.39 is 11.9 Å². The molecule has 1 aliphatic rings. The number of carboxylic acids is 2. The van der Waals surface area contributed by atoms with Gasteiger partial charge < -0.3 is 25.6 Å². The topological polar surface area (TPSA) is 163 Å². The number of aldehydes is 1. The molecule has 13 nitrogen and oxygen atoms in total. The van der Waals surface area contributed by atoms with Gasteiger partial charge in [-0.25, -0.2) is 0 Å². The predicted octanol–water partition coefficient (Wildman–Crippen LogP) is -2.00. The van der Waals surface area contributed by atoms with Crippen molar-refractivity contribution in [1.29, 1.82) is 0 Å². The maximum atomic E-state index is 12.5. The quantitative estimate of drug-likeness (QED) is 0.150. The van der Waals surface area contributed by atoms with E-state index >= 15 is 0 Å². The van der Waals surface area contributed by atoms with Gasteiger partial charge in [-0.05, 0) is 12.8 Å². The SMILES string of the molecule is CNC(=O)CCCCCNC(=O)CN1CCN(CC=O)CCN(CC(=O)O)CCN(CC(=O)O)CC1. The molecule has 4 N–H and O–H groups in total. The highest BCUT2D eigenvalue weighted by molar-refractivity contribution is 5.78. The van der Waals surface area contributed by atoms with Crippen molar-refractivity contribution in [1.82, 2.24) is 30.2 Å². The van der Waals surface area contributed by atoms with Crippen molar-refractivity contribution in [3.63, 3.8) is 0 Å². The number of amides is 2. The molecule has 1 heterocycles. The maximum Gasteiger partial charge on any atom is 0.317 e. The van der Waals surface area contributed by atoms with E-state index in [4.69, 9.17) is 0 Å². The second kappa shape index (κ2) is 18.6. The number of unbranched alkanes of at least 4 members (excludes halogenated alkanes) is 2. The van der Waals surface area contributed by atoms with E-state index in [2.05, 4.69) is 10.6 Å². The van der Waals surface area contributed by atoms with Crippen LogP contribution in [0.5, 0.6) is 0 Å². The molecule has 2 amide bonds. The molecule has 1 rings (SSSR count). The Balaban J connectivity index is 2.68. The lowest BCUT2D eigenvalue weighted by Gasteiger charge is -2.32. The van der Waals surface area contributed by atoms with E-state index in [9.17, 15) is 34.2 Å². The molecule has 1 aliphatic heterocycles. The summed E-state index contributed by atoms with van der Waals surface area (Å²) < 4.78 is 0. The van der Waals surface area contributed by atoms with Gasteiger partial charge in [-0.3, -0.25) is 38.8 Å². The summed E-state index contributed by atoms with van der Waals surface area (Å²) in [5.41, 5.74) is 0. The van der Waals surface area contributed by atoms with Gasteiger partial charge in [-0.15, -0.1) is 0 Å². The fourth-order valence-corrected chi connectivity index (χ4v) is 3.92. The van der Waals surface area contributed by atoms with Crippen molar-refractivity contribution in [3.05, 3.63) is 0 Å². The third kappa shape index (κ3) is 15.4. The van der Waals surface area contributed by atoms with Gasteiger partial charge >= 0.3 is 11.9 Å². The number of hydrogen-bond acceptors (Lipinski definition) is 9. The van der Waals surface area contributed by atoms with Crippen molar-refractivity contribution in [2.24, 2.45) is 0 Å². The van der Waals surface area contributed by atoms with Gasteiger partial charge in [0.05, 0.1) is 26.2 Å². The average Bonchev–Trinajstić information content (AvgIpc) is 2.82. The Morgan fingerprint density at radius 2 is 1.17 bits per heavy atom. The number of carbonyl (C=O) groups is 5. The van der Waals surface area contributed by atoms with Crippen LogP contribution in [0.15, 0.2) is 0 Å². The number of hydrogen-bond donors (Lipinski definition) is 4. The molecule has 0 saturated carbocycles. The van der Waals surface area contributed by atoms with Crippen LogP contribution in [0, 0.1) is 0 Å². The third-order valence-electron chi connectivity index (χ3n) is 6.03. The zero-order chi connectivity index (χ0) is 26.8. The summed E-state index contributed by atoms with van der Waals surface area (Å²) in [6.45, 7) is 4.12. The average molecular weight is 515 g/mol. The summed E-state index contributed by atoms with van der Waals surface area (Å²) >= 11 is 0. The molecule has 0 atom stereocenters. The summed E-state index contributed by atoms with van der Waals surface area (Å²) in [6, 6.07) is 0. The van der Waals surface area contributed by atoms with E-state index in [0.29, 0.717) is 65.3 Å². The highest BCUT2D eigenvalue weighted by Gasteiger charge is 2.20. The summed E-state index contributed by atoms with van der Waals surface area (Å²) in [5, 5.41) is 24.0. The van der Waals surface area contributed by atoms with Gasteiger partial charge in [0.15, 0.2) is 0 Å². The number of carboxylic acid groups (broad SMARTS) is 2. The first kappa shape index (κ1) is 31.4. The third-order valence-corrected chi connectivity index (χ3v) is 6.03. The monoisotopic (exact) mass is 514 g/mol. The lowest BCUT2D eigenvalue weighted by atomic mass is 10.2. The number of carbonyl (C=O) groups excluding carboxylic acids is 3. The van der Waals surface area contributed by atoms with Crippen LogP contribution in [0.25, 0.3) is 0 Å². The molecule has 1 fully saturated rings. The first-order chi connectivity index (χ1) is 17.2. The zero-order valence-electron chi connectivity index (χ0n) is 21.3. The van der Waals surface area contributed by atoms with Crippen LogP contribution in [0.2, 0.25) is 0 Å². The summed E-state index contributed by atoms with van der Waals surface area (Å²) in [7, 11) is 1.60. The Bertz CT molecular complexity index is 708. The van der Waals surface area contributed by atoms with E-state index in [-0.39, 0.29) is 38.0 Å². The molecule has 0 spiro atoms. The fourth-order valence-electron chi connectivity index (χ4n) is 3.92. The van der Waals surface area contributed by atoms with E-state index in [1.165, 1.54) is 0 Å². The molecule has 0 bridgehead atoms. The summed E-state index contributed by atoms with van der Waals surface area (Å²) in [6.07, 6.45) is 3.65. The fraction of sp³-hybridized carbons (Fsp3) is 0.783. The smallest absolute Gasteiger partial charge is 0.317 e. The molecule has 36 heavy (non-hydrogen) atoms. The normalized spacial score (nSPS) is 17.5. The van der Waals surface area contributed by atoms with Gasteiger partial charge in [0.1, 0.15) is 6.29 Å². The standard InChI is InChI=1S/C23H42N6O7/c1-24-20(31)5-3-2-4-6-25-21(32)17-27-9-7-26(15-16-30)8-10-28(18-22(33)34)13-14-29(12-11-27)19-23(35)36/h16H,2-15,17-19H2,1H3,(H,24,31)(H,25,32)(H,33,34)(H,35,36). The molecule has 0 aromatic carbocycles. The summed E-state index contributed by atoms with van der Waals surface area (Å²) in [4.78, 5) is 64.9. The van der Waals surface area contributed by atoms with Crippen LogP contribution < -0.4 is 10.6 Å². The Labute approximate surface area is 212 Å². The summed E-state index contributed by atoms with van der Waals surface area (Å²) in [5.74, 6) is -2.06. The predicted molar refractivity (Wildman–Crippen MR) is 133 cm³/mol. The molecule has 0 unspecified atom stereocenters. The Kier molecular flexibility index (Phi) is 16.3. The van der Waals surface area contributed by atoms with Gasteiger partial charge in [0.25, 0.3) is 0 Å². The second-order valence-corrected chi connectivity index (χ2v) is 8.92. The van der Waals surface area contributed by atoms with E-state index in [0.717, 1.165) is 25.5 Å². The molecular weight excluding hydrogens is 472 g/mol. The first-order valence-electron chi connectivity index (χ1n) is 12.5. The molecular formula is C23H42N6O7. The van der Waals surface area contributed by atoms with Gasteiger partial charge in [0, 0.05) is 72.4 Å². The number of nitrogens with zero attached hydrogens (tertiary/aromatic N) is 4. The first-order valence-corrected chi connectivity index (χ1v) is 12.5. The minimum absolute atomic E-state index is 0.00416. The van der Waals surface area contributed by atoms with Crippen LogP contribution in [0.1, 0.15) is 25.7 Å². The number of nitrogens with one attached hydrogen (secondary N) is 2. The maximum absolute atomic E-state index is 12.5. The molecule has 1 saturated heterocycles. The van der Waals surface area contributed by atoms with E-state index in [1.807, 2.05) is 9.80 Å². The van der Waals surface area contributed by atoms with Crippen LogP contribution in [0.4, 0.5) is 0 Å². The Morgan fingerprint density at radius 3 is 1.61 bits per heavy atom. The van der Waals surface area contributed by atoms with Crippen molar-refractivity contribution < 1.29 is 34.2 Å². The van der Waals surface area contributed by atoms with Crippen molar-refractivity contribution in [2.75, 3.05) is 92.1 Å². The van der Waals surface area contributed by atoms with Gasteiger partial charge in [0.2, 0.25) is 11.8 Å². The van der Waals surface area contributed by atoms with Crippen LogP contribution in [-0.2, 0) is 24.0 Å². The molecule has 13 heteroatoms. The molecule has 0 aliphatic carbocycles. The molecule has 0 aromatic rings. The largest absolute Gasteiger partial charge is 0.480 e. The van der Waals surface area contributed by atoms with Crippen LogP contribution in [0.3, 0.4) is 0 Å². The van der Waals surface area contributed by atoms with Crippen LogP contribution >= 0.6 is 0 Å². The van der Waals surface area contributed by atoms with Crippen molar-refractivity contribution >= 4 is 30.0 Å². The molecule has 206 valence electrons. The highest BCUT2D eigenvalue weighted by atomic mass is 16.4. The minimum Gasteiger partial charge on any atom is -0.480 e. The van der Waals surface area contributed by atoms with Gasteiger partial charge in [-0.1, -0.05) is 6.42 Å². The van der Waals surface area contributed by atoms with Gasteiger partial charge in [-0.2, -0.15) is 0 Å². The molecule has 0 radical (unpaired) electrons. The second-order valence-electron chi connectivity index (χ2n) is 8.92. The van der Waals surface area contributed by atoms with Crippen molar-refractivity contribution in [2.45, 2.75) is 25.7 Å². The Morgan fingerprint density at radius 1 is 0.694 bits per heavy atom. The minimum atomic E-state index is -0.968. The van der Waals surface area contributed by atoms with Crippen LogP contribution in [-0.4, -0.2) is 152 Å². The highest BCUT2D eigenvalue weighted by Crippen LogP contribution is 2.02. The number of rotatable bonds is 14. The molecule has 0 aromatic heterocycles. The lowest BCUT2D eigenvalue weighted by Crippen LogP contribution is -2.49. The zero-order valence-corrected chi connectivity index (χ0v) is 21.3. The van der Waals surface area contributed by atoms with E-state index in [1.54, 1.807) is 16.8 Å². The number of aliphatic carboxylic acids is 2.